The van der Waals surface area contributed by atoms with Crippen molar-refractivity contribution in [3.8, 4) is 5.75 Å². The zero-order chi connectivity index (χ0) is 33.5. The topological polar surface area (TPSA) is 237 Å². The first-order valence-corrected chi connectivity index (χ1v) is 15.5. The number of aromatic nitrogens is 1. The van der Waals surface area contributed by atoms with Crippen LogP contribution in [0.5, 0.6) is 5.75 Å². The molecule has 1 aromatic heterocycles. The lowest BCUT2D eigenvalue weighted by Crippen LogP contribution is -2.65. The molecule has 0 bridgehead atoms. The van der Waals surface area contributed by atoms with Crippen LogP contribution in [0.1, 0.15) is 34.6 Å². The number of aryl methyl sites for hydroxylation is 2. The molecule has 1 saturated carbocycles. The van der Waals surface area contributed by atoms with Gasteiger partial charge in [-0.2, -0.15) is 0 Å². The Hall–Kier alpha value is -4.25. The second-order valence-corrected chi connectivity index (χ2v) is 13.8. The molecule has 15 nitrogen and oxygen atoms in total. The number of carbonyl (C=O) groups is 3. The van der Waals surface area contributed by atoms with Gasteiger partial charge in [-0.1, -0.05) is 5.16 Å². The molecule has 5 rings (SSSR count). The van der Waals surface area contributed by atoms with Crippen molar-refractivity contribution in [2.75, 3.05) is 33.1 Å². The molecule has 3 aliphatic rings. The molecule has 45 heavy (non-hydrogen) atoms. The molecular formula is C29H35N5O10S. The van der Waals surface area contributed by atoms with Gasteiger partial charge in [0.1, 0.15) is 33.4 Å². The number of primary amides is 1. The van der Waals surface area contributed by atoms with Gasteiger partial charge in [0, 0.05) is 43.4 Å². The smallest absolute Gasteiger partial charge is 0.255 e. The summed E-state index contributed by atoms with van der Waals surface area (Å²) in [5, 5.41) is 49.5. The highest BCUT2D eigenvalue weighted by molar-refractivity contribution is 7.89. The zero-order valence-corrected chi connectivity index (χ0v) is 26.3. The van der Waals surface area contributed by atoms with Crippen molar-refractivity contribution in [3.63, 3.8) is 0 Å². The van der Waals surface area contributed by atoms with Crippen molar-refractivity contribution in [1.82, 2.24) is 14.8 Å². The number of fused-ring (bicyclic) bond motifs is 3. The fourth-order valence-corrected chi connectivity index (χ4v) is 8.31. The quantitative estimate of drug-likeness (QED) is 0.220. The van der Waals surface area contributed by atoms with E-state index in [9.17, 15) is 43.2 Å². The third-order valence-electron chi connectivity index (χ3n) is 8.95. The van der Waals surface area contributed by atoms with Crippen LogP contribution in [0.2, 0.25) is 0 Å². The molecule has 0 radical (unpaired) electrons. The average Bonchev–Trinajstić information content (AvgIpc) is 3.28. The molecule has 16 heteroatoms. The van der Waals surface area contributed by atoms with E-state index in [-0.39, 0.29) is 45.9 Å². The molecule has 7 N–H and O–H groups in total. The van der Waals surface area contributed by atoms with Crippen molar-refractivity contribution in [3.05, 3.63) is 51.1 Å². The molecule has 0 unspecified atom stereocenters. The minimum absolute atomic E-state index is 0.0572. The number of hydrogen-bond donors (Lipinski definition) is 6. The molecule has 1 aromatic carbocycles. The van der Waals surface area contributed by atoms with Crippen LogP contribution >= 0.6 is 0 Å². The van der Waals surface area contributed by atoms with E-state index in [4.69, 9.17) is 10.3 Å². The maximum absolute atomic E-state index is 14.1. The Balaban J connectivity index is 1.66. The number of amides is 1. The summed E-state index contributed by atoms with van der Waals surface area (Å²) in [6.07, 6.45) is 0.0269. The fraction of sp³-hybridized carbons (Fsp3) is 0.448. The van der Waals surface area contributed by atoms with Crippen LogP contribution in [-0.4, -0.2) is 96.2 Å². The number of phenols is 1. The van der Waals surface area contributed by atoms with E-state index in [1.807, 2.05) is 0 Å². The number of rotatable bonds is 7. The van der Waals surface area contributed by atoms with Gasteiger partial charge in [0.15, 0.2) is 17.1 Å². The Morgan fingerprint density at radius 3 is 2.36 bits per heavy atom. The highest BCUT2D eigenvalue weighted by Crippen LogP contribution is 2.54. The number of aliphatic hydroxyl groups excluding tert-OH is 2. The van der Waals surface area contributed by atoms with Crippen LogP contribution in [0.3, 0.4) is 0 Å². The molecule has 4 atom stereocenters. The molecule has 0 saturated heterocycles. The van der Waals surface area contributed by atoms with Crippen LogP contribution in [-0.2, 0) is 37.4 Å². The first-order valence-electron chi connectivity index (χ1n) is 14.0. The first-order chi connectivity index (χ1) is 20.9. The Kier molecular flexibility index (Phi) is 7.63. The van der Waals surface area contributed by atoms with Gasteiger partial charge in [-0.25, -0.2) is 13.1 Å². The number of nitrogens with one attached hydrogen (secondary N) is 1. The summed E-state index contributed by atoms with van der Waals surface area (Å²) in [5.74, 6) is -7.56. The summed E-state index contributed by atoms with van der Waals surface area (Å²) in [5.41, 5.74) is 2.40. The summed E-state index contributed by atoms with van der Waals surface area (Å²) in [4.78, 5) is 42.6. The van der Waals surface area contributed by atoms with Crippen molar-refractivity contribution < 1.29 is 47.8 Å². The zero-order valence-electron chi connectivity index (χ0n) is 25.5. The van der Waals surface area contributed by atoms with Gasteiger partial charge >= 0.3 is 0 Å². The van der Waals surface area contributed by atoms with Crippen LogP contribution in [0.25, 0.3) is 5.76 Å². The van der Waals surface area contributed by atoms with Gasteiger partial charge in [-0.3, -0.25) is 19.3 Å². The third-order valence-corrected chi connectivity index (χ3v) is 10.6. The molecule has 1 fully saturated rings. The van der Waals surface area contributed by atoms with E-state index in [0.717, 1.165) is 0 Å². The van der Waals surface area contributed by atoms with Crippen molar-refractivity contribution in [2.24, 2.45) is 17.6 Å². The molecule has 0 spiro atoms. The molecule has 0 aliphatic heterocycles. The number of ketones is 2. The number of anilines is 1. The number of nitrogens with two attached hydrogens (primary N) is 1. The van der Waals surface area contributed by atoms with E-state index in [1.54, 1.807) is 25.1 Å². The van der Waals surface area contributed by atoms with Gasteiger partial charge < -0.3 is 35.6 Å². The monoisotopic (exact) mass is 645 g/mol. The summed E-state index contributed by atoms with van der Waals surface area (Å²) in [7, 11) is 2.33. The van der Waals surface area contributed by atoms with Crippen LogP contribution in [0.15, 0.2) is 32.4 Å². The molecule has 3 aliphatic carbocycles. The lowest BCUT2D eigenvalue weighted by atomic mass is 9.57. The number of nitrogens with zero attached hydrogens (tertiary/aromatic N) is 3. The lowest BCUT2D eigenvalue weighted by molar-refractivity contribution is -0.153. The highest BCUT2D eigenvalue weighted by atomic mass is 32.2. The number of sulfonamides is 1. The second-order valence-electron chi connectivity index (χ2n) is 12.1. The number of benzene rings is 1. The molecule has 1 amide bonds. The first kappa shape index (κ1) is 32.2. The largest absolute Gasteiger partial charge is 0.508 e. The van der Waals surface area contributed by atoms with Crippen molar-refractivity contribution in [1.29, 1.82) is 0 Å². The molecular weight excluding hydrogens is 610 g/mol. The number of Topliss-reactive ketones (excluding diaryl/α,β-unsaturated/α-hetero) is 2. The average molecular weight is 646 g/mol. The van der Waals surface area contributed by atoms with E-state index in [2.05, 4.69) is 9.88 Å². The predicted molar refractivity (Wildman–Crippen MR) is 159 cm³/mol. The summed E-state index contributed by atoms with van der Waals surface area (Å²) >= 11 is 0. The maximum Gasteiger partial charge on any atom is 0.255 e. The molecule has 1 heterocycles. The SMILES string of the molecule is Cc1noc(C)c1S(=O)(=O)NCc1cc(N(C)C)c2c(c1O)C(O)=C1C(=O)[C@]3(O)C(O)=C(C(N)=O)C(=O)[C@@H](N(C)C)[C@@H]3C[C@@H]1C2. The van der Waals surface area contributed by atoms with Crippen LogP contribution in [0, 0.1) is 25.7 Å². The van der Waals surface area contributed by atoms with Gasteiger partial charge in [0.05, 0.1) is 11.6 Å². The number of likely N-dealkylation sites (N-methyl/N-ethyl adjacent to an activating group) is 1. The molecule has 242 valence electrons. The summed E-state index contributed by atoms with van der Waals surface area (Å²) in [6, 6.07) is 0.362. The number of aromatic hydroxyl groups is 1. The number of aliphatic hydroxyl groups is 3. The minimum atomic E-state index is -4.14. The van der Waals surface area contributed by atoms with Crippen molar-refractivity contribution >= 4 is 38.9 Å². The predicted octanol–water partition coefficient (Wildman–Crippen LogP) is 0.113. The third kappa shape index (κ3) is 4.62. The van der Waals surface area contributed by atoms with E-state index >= 15 is 0 Å². The van der Waals surface area contributed by atoms with Gasteiger partial charge in [0.25, 0.3) is 5.91 Å². The maximum atomic E-state index is 14.1. The fourth-order valence-electron chi connectivity index (χ4n) is 6.98. The van der Waals surface area contributed by atoms with E-state index in [0.29, 0.717) is 11.3 Å². The Labute approximate surface area is 258 Å². The summed E-state index contributed by atoms with van der Waals surface area (Å²) < 4.78 is 33.5. The number of hydrogen-bond acceptors (Lipinski definition) is 13. The number of carbonyl (C=O) groups excluding carboxylic acids is 3. The number of phenolic OH excluding ortho intramolecular Hbond substituents is 1. The summed E-state index contributed by atoms with van der Waals surface area (Å²) in [6.45, 7) is 2.49. The lowest BCUT2D eigenvalue weighted by Gasteiger charge is -2.50. The van der Waals surface area contributed by atoms with Gasteiger partial charge in [-0.15, -0.1) is 0 Å². The van der Waals surface area contributed by atoms with Crippen molar-refractivity contribution in [2.45, 2.75) is 49.8 Å². The minimum Gasteiger partial charge on any atom is -0.508 e. The van der Waals surface area contributed by atoms with Gasteiger partial charge in [-0.05, 0) is 58.3 Å². The normalized spacial score (nSPS) is 24.9. The van der Waals surface area contributed by atoms with Gasteiger partial charge in [0.2, 0.25) is 15.8 Å². The van der Waals surface area contributed by atoms with Crippen LogP contribution in [0.4, 0.5) is 5.69 Å². The molecule has 2 aromatic rings. The standard InChI is InChI=1S/C29H35N5O10S/c1-11-25(12(2)44-32-11)45(42,43)31-10-14-9-17(33(3)4)15-7-13-8-16-21(34(5)6)24(37)20(28(30)40)27(39)29(16,41)26(38)18(13)23(36)19(15)22(14)35/h9,13,16,21,31,35-36,39,41H,7-8,10H2,1-6H3,(H2,30,40)/t13-,16-,21-,29-/m0/s1. The highest BCUT2D eigenvalue weighted by Gasteiger charge is 2.64. The van der Waals surface area contributed by atoms with E-state index in [1.165, 1.54) is 32.8 Å². The van der Waals surface area contributed by atoms with E-state index < -0.39 is 80.4 Å². The Morgan fingerprint density at radius 1 is 1.18 bits per heavy atom. The van der Waals surface area contributed by atoms with Crippen LogP contribution < -0.4 is 15.4 Å². The Morgan fingerprint density at radius 2 is 1.82 bits per heavy atom. The second kappa shape index (κ2) is 10.7. The Bertz CT molecular complexity index is 1820.